The Bertz CT molecular complexity index is 1200. The first kappa shape index (κ1) is 19.4. The standard InChI is InChI=1S/C23H21N5O2S/c1-14-25-19(13-31-14)15-7-8-20-16(11-15)9-10-27(20)23(30)18-12-21(22(24)29)28(26-18)17-5-3-2-4-6-17/h2-8,11,13,21H,9-10,12H2,1H3,(H2,24,29). The molecule has 2 amide bonds. The summed E-state index contributed by atoms with van der Waals surface area (Å²) in [5, 5.41) is 9.12. The number of aryl methyl sites for hydroxylation is 1. The van der Waals surface area contributed by atoms with Crippen LogP contribution in [0.4, 0.5) is 11.4 Å². The fraction of sp³-hybridized carbons (Fsp3) is 0.217. The van der Waals surface area contributed by atoms with Crippen LogP contribution in [-0.4, -0.2) is 35.1 Å². The number of thiazole rings is 1. The van der Waals surface area contributed by atoms with Crippen molar-refractivity contribution in [2.45, 2.75) is 25.8 Å². The van der Waals surface area contributed by atoms with Crippen LogP contribution in [0.1, 0.15) is 17.0 Å². The van der Waals surface area contributed by atoms with Gasteiger partial charge >= 0.3 is 0 Å². The van der Waals surface area contributed by atoms with E-state index in [4.69, 9.17) is 5.73 Å². The van der Waals surface area contributed by atoms with Gasteiger partial charge < -0.3 is 10.6 Å². The lowest BCUT2D eigenvalue weighted by atomic mass is 10.1. The molecule has 2 N–H and O–H groups in total. The third-order valence-corrected chi connectivity index (χ3v) is 6.41. The largest absolute Gasteiger partial charge is 0.368 e. The Balaban J connectivity index is 1.42. The zero-order chi connectivity index (χ0) is 21.5. The van der Waals surface area contributed by atoms with Gasteiger partial charge in [-0.05, 0) is 43.2 Å². The molecule has 7 nitrogen and oxygen atoms in total. The van der Waals surface area contributed by atoms with Crippen molar-refractivity contribution in [2.24, 2.45) is 10.8 Å². The molecule has 0 fully saturated rings. The van der Waals surface area contributed by atoms with Gasteiger partial charge in [-0.25, -0.2) is 4.98 Å². The topological polar surface area (TPSA) is 91.9 Å². The highest BCUT2D eigenvalue weighted by Gasteiger charge is 2.38. The van der Waals surface area contributed by atoms with E-state index in [9.17, 15) is 9.59 Å². The molecule has 3 heterocycles. The number of nitrogens with zero attached hydrogens (tertiary/aromatic N) is 4. The highest BCUT2D eigenvalue weighted by atomic mass is 32.1. The maximum atomic E-state index is 13.3. The normalized spacial score (nSPS) is 17.6. The van der Waals surface area contributed by atoms with Crippen LogP contribution >= 0.6 is 11.3 Å². The van der Waals surface area contributed by atoms with Gasteiger partial charge in [0.2, 0.25) is 5.91 Å². The predicted octanol–water partition coefficient (Wildman–Crippen LogP) is 3.13. The lowest BCUT2D eigenvalue weighted by molar-refractivity contribution is -0.119. The van der Waals surface area contributed by atoms with E-state index in [1.807, 2.05) is 54.8 Å². The summed E-state index contributed by atoms with van der Waals surface area (Å²) in [7, 11) is 0. The zero-order valence-electron chi connectivity index (χ0n) is 17.0. The first-order chi connectivity index (χ1) is 15.0. The molecule has 2 aromatic carbocycles. The number of aromatic nitrogens is 1. The highest BCUT2D eigenvalue weighted by molar-refractivity contribution is 7.09. The van der Waals surface area contributed by atoms with E-state index in [1.54, 1.807) is 21.2 Å². The third kappa shape index (κ3) is 3.48. The maximum absolute atomic E-state index is 13.3. The number of primary amides is 1. The quantitative estimate of drug-likeness (QED) is 0.687. The summed E-state index contributed by atoms with van der Waals surface area (Å²) in [6, 6.07) is 14.7. The van der Waals surface area contributed by atoms with Crippen LogP contribution in [0.2, 0.25) is 0 Å². The summed E-state index contributed by atoms with van der Waals surface area (Å²) in [5.41, 5.74) is 10.7. The van der Waals surface area contributed by atoms with Gasteiger partial charge in [-0.1, -0.05) is 24.3 Å². The first-order valence-electron chi connectivity index (χ1n) is 10.1. The van der Waals surface area contributed by atoms with Gasteiger partial charge in [0.05, 0.1) is 16.4 Å². The van der Waals surface area contributed by atoms with Gasteiger partial charge in [0.1, 0.15) is 11.8 Å². The Morgan fingerprint density at radius 3 is 2.68 bits per heavy atom. The zero-order valence-corrected chi connectivity index (χ0v) is 17.8. The van der Waals surface area contributed by atoms with Gasteiger partial charge in [0.25, 0.3) is 5.91 Å². The van der Waals surface area contributed by atoms with E-state index in [1.165, 1.54) is 0 Å². The fourth-order valence-electron chi connectivity index (χ4n) is 4.10. The van der Waals surface area contributed by atoms with Crippen molar-refractivity contribution in [3.05, 3.63) is 64.5 Å². The minimum atomic E-state index is -0.668. The number of hydrogen-bond acceptors (Lipinski definition) is 6. The number of fused-ring (bicyclic) bond motifs is 1. The van der Waals surface area contributed by atoms with E-state index in [0.717, 1.165) is 39.6 Å². The molecule has 0 bridgehead atoms. The molecule has 31 heavy (non-hydrogen) atoms. The molecular weight excluding hydrogens is 410 g/mol. The van der Waals surface area contributed by atoms with Crippen LogP contribution < -0.4 is 15.6 Å². The van der Waals surface area contributed by atoms with Crippen molar-refractivity contribution in [3.8, 4) is 11.3 Å². The smallest absolute Gasteiger partial charge is 0.274 e. The van der Waals surface area contributed by atoms with Crippen molar-refractivity contribution in [1.29, 1.82) is 0 Å². The number of benzene rings is 2. The van der Waals surface area contributed by atoms with Crippen molar-refractivity contribution in [2.75, 3.05) is 16.5 Å². The number of nitrogens with two attached hydrogens (primary N) is 1. The van der Waals surface area contributed by atoms with Crippen LogP contribution in [0.25, 0.3) is 11.3 Å². The average Bonchev–Trinajstić information content (AvgIpc) is 3.51. The molecular formula is C23H21N5O2S. The van der Waals surface area contributed by atoms with Gasteiger partial charge in [-0.2, -0.15) is 5.10 Å². The number of hydrogen-bond donors (Lipinski definition) is 1. The molecule has 0 radical (unpaired) electrons. The molecule has 0 saturated carbocycles. The summed E-state index contributed by atoms with van der Waals surface area (Å²) < 4.78 is 0. The molecule has 3 aromatic rings. The number of para-hydroxylation sites is 1. The Labute approximate surface area is 183 Å². The Morgan fingerprint density at radius 1 is 1.16 bits per heavy atom. The molecule has 2 aliphatic rings. The van der Waals surface area contributed by atoms with Crippen molar-refractivity contribution in [3.63, 3.8) is 0 Å². The third-order valence-electron chi connectivity index (χ3n) is 5.64. The molecule has 1 atom stereocenters. The summed E-state index contributed by atoms with van der Waals surface area (Å²) in [4.78, 5) is 31.6. The maximum Gasteiger partial charge on any atom is 0.274 e. The lowest BCUT2D eigenvalue weighted by Gasteiger charge is -2.20. The number of hydrazone groups is 1. The van der Waals surface area contributed by atoms with Crippen molar-refractivity contribution >= 4 is 40.2 Å². The molecule has 1 aromatic heterocycles. The minimum Gasteiger partial charge on any atom is -0.368 e. The number of amides is 2. The summed E-state index contributed by atoms with van der Waals surface area (Å²) in [5.74, 6) is -0.680. The number of carbonyl (C=O) groups is 2. The van der Waals surface area contributed by atoms with E-state index in [0.29, 0.717) is 12.3 Å². The summed E-state index contributed by atoms with van der Waals surface area (Å²) in [6.07, 6.45) is 0.970. The van der Waals surface area contributed by atoms with Crippen LogP contribution in [0.15, 0.2) is 59.0 Å². The highest BCUT2D eigenvalue weighted by Crippen LogP contribution is 2.34. The monoisotopic (exact) mass is 431 g/mol. The lowest BCUT2D eigenvalue weighted by Crippen LogP contribution is -2.40. The van der Waals surface area contributed by atoms with Gasteiger partial charge in [-0.3, -0.25) is 14.6 Å². The minimum absolute atomic E-state index is 0.180. The van der Waals surface area contributed by atoms with Gasteiger partial charge in [0, 0.05) is 29.6 Å². The van der Waals surface area contributed by atoms with Crippen molar-refractivity contribution < 1.29 is 9.59 Å². The molecule has 8 heteroatoms. The number of carbonyl (C=O) groups excluding carboxylic acids is 2. The number of rotatable bonds is 4. The second kappa shape index (κ2) is 7.63. The summed E-state index contributed by atoms with van der Waals surface area (Å²) >= 11 is 1.62. The average molecular weight is 432 g/mol. The molecule has 0 aliphatic carbocycles. The van der Waals surface area contributed by atoms with E-state index >= 15 is 0 Å². The van der Waals surface area contributed by atoms with Gasteiger partial charge in [-0.15, -0.1) is 11.3 Å². The Hall–Kier alpha value is -3.52. The first-order valence-corrected chi connectivity index (χ1v) is 11.0. The molecule has 5 rings (SSSR count). The van der Waals surface area contributed by atoms with Crippen LogP contribution in [0.5, 0.6) is 0 Å². The van der Waals surface area contributed by atoms with E-state index in [2.05, 4.69) is 16.2 Å². The van der Waals surface area contributed by atoms with Crippen molar-refractivity contribution in [1.82, 2.24) is 4.98 Å². The number of anilines is 2. The Morgan fingerprint density at radius 2 is 1.97 bits per heavy atom. The van der Waals surface area contributed by atoms with Crippen LogP contribution in [0.3, 0.4) is 0 Å². The second-order valence-corrected chi connectivity index (χ2v) is 8.71. The van der Waals surface area contributed by atoms with E-state index < -0.39 is 11.9 Å². The molecule has 2 aliphatic heterocycles. The van der Waals surface area contributed by atoms with Crippen LogP contribution in [0, 0.1) is 6.92 Å². The SMILES string of the molecule is Cc1nc(-c2ccc3c(c2)CCN3C(=O)C2=NN(c3ccccc3)C(C(N)=O)C2)cs1. The Kier molecular flexibility index (Phi) is 4.78. The summed E-state index contributed by atoms with van der Waals surface area (Å²) in [6.45, 7) is 2.57. The molecule has 1 unspecified atom stereocenters. The molecule has 156 valence electrons. The predicted molar refractivity (Wildman–Crippen MR) is 122 cm³/mol. The van der Waals surface area contributed by atoms with Crippen LogP contribution in [-0.2, 0) is 16.0 Å². The van der Waals surface area contributed by atoms with Gasteiger partial charge in [0.15, 0.2) is 0 Å². The van der Waals surface area contributed by atoms with E-state index in [-0.39, 0.29) is 12.3 Å². The molecule has 0 saturated heterocycles. The second-order valence-electron chi connectivity index (χ2n) is 7.65. The fourth-order valence-corrected chi connectivity index (χ4v) is 4.73. The molecule has 0 spiro atoms.